The molecule has 0 bridgehead atoms. The first-order chi connectivity index (χ1) is 8.60. The molecule has 92 valence electrons. The summed E-state index contributed by atoms with van der Waals surface area (Å²) in [6.45, 7) is 4.16. The topological polar surface area (TPSA) is 37.3 Å². The zero-order chi connectivity index (χ0) is 13.1. The third-order valence-electron chi connectivity index (χ3n) is 3.11. The number of hydrogen-bond acceptors (Lipinski definition) is 2. The van der Waals surface area contributed by atoms with Crippen molar-refractivity contribution in [1.82, 2.24) is 0 Å². The molecule has 0 saturated heterocycles. The van der Waals surface area contributed by atoms with E-state index in [0.29, 0.717) is 11.8 Å². The van der Waals surface area contributed by atoms with Crippen LogP contribution in [0.2, 0.25) is 0 Å². The highest BCUT2D eigenvalue weighted by molar-refractivity contribution is 5.79. The molecule has 0 unspecified atom stereocenters. The van der Waals surface area contributed by atoms with E-state index in [0.717, 1.165) is 12.0 Å². The number of benzene rings is 2. The molecular formula is C16H16O2. The van der Waals surface area contributed by atoms with Crippen molar-refractivity contribution < 1.29 is 9.90 Å². The zero-order valence-corrected chi connectivity index (χ0v) is 10.6. The van der Waals surface area contributed by atoms with Gasteiger partial charge in [-0.25, -0.2) is 0 Å². The van der Waals surface area contributed by atoms with E-state index in [-0.39, 0.29) is 5.75 Å². The van der Waals surface area contributed by atoms with Gasteiger partial charge in [0.05, 0.1) is 5.56 Å². The van der Waals surface area contributed by atoms with Crippen molar-refractivity contribution in [2.45, 2.75) is 20.3 Å². The Kier molecular flexibility index (Phi) is 3.47. The number of aryl methyl sites for hydroxylation is 2. The Hall–Kier alpha value is -2.09. The molecule has 2 nitrogen and oxygen atoms in total. The van der Waals surface area contributed by atoms with Crippen LogP contribution in [-0.2, 0) is 6.42 Å². The number of aromatic hydroxyl groups is 1. The molecule has 2 heteroatoms. The highest BCUT2D eigenvalue weighted by atomic mass is 16.3. The molecule has 2 rings (SSSR count). The molecule has 2 aromatic rings. The van der Waals surface area contributed by atoms with Crippen LogP contribution in [0.4, 0.5) is 0 Å². The summed E-state index contributed by atoms with van der Waals surface area (Å²) in [5.74, 6) is 0.0484. The Labute approximate surface area is 107 Å². The molecule has 18 heavy (non-hydrogen) atoms. The van der Waals surface area contributed by atoms with Crippen molar-refractivity contribution in [1.29, 1.82) is 0 Å². The molecule has 0 radical (unpaired) electrons. The second kappa shape index (κ2) is 5.05. The number of hydrogen-bond donors (Lipinski definition) is 1. The summed E-state index contributed by atoms with van der Waals surface area (Å²) in [4.78, 5) is 10.6. The van der Waals surface area contributed by atoms with E-state index < -0.39 is 0 Å². The van der Waals surface area contributed by atoms with Gasteiger partial charge < -0.3 is 5.11 Å². The van der Waals surface area contributed by atoms with E-state index in [9.17, 15) is 9.90 Å². The number of carbonyl (C=O) groups excluding carboxylic acids is 1. The average Bonchev–Trinajstić information content (AvgIpc) is 2.33. The average molecular weight is 240 g/mol. The van der Waals surface area contributed by atoms with Crippen molar-refractivity contribution in [2.24, 2.45) is 0 Å². The predicted octanol–water partition coefficient (Wildman–Crippen LogP) is 3.41. The predicted molar refractivity (Wildman–Crippen MR) is 72.2 cm³/mol. The standard InChI is InChI=1S/C16H16O2/c1-11-3-5-14(12(2)7-11)8-13-4-6-15(10-17)16(18)9-13/h3-7,9-10,18H,8H2,1-2H3. The van der Waals surface area contributed by atoms with Crippen molar-refractivity contribution in [3.63, 3.8) is 0 Å². The van der Waals surface area contributed by atoms with Crippen molar-refractivity contribution in [2.75, 3.05) is 0 Å². The minimum Gasteiger partial charge on any atom is -0.507 e. The van der Waals surface area contributed by atoms with E-state index in [1.807, 2.05) is 6.07 Å². The van der Waals surface area contributed by atoms with Gasteiger partial charge in [0.15, 0.2) is 6.29 Å². The molecule has 0 aliphatic heterocycles. The quantitative estimate of drug-likeness (QED) is 0.835. The van der Waals surface area contributed by atoms with Crippen molar-refractivity contribution >= 4 is 6.29 Å². The van der Waals surface area contributed by atoms with Crippen LogP contribution < -0.4 is 0 Å². The Bertz CT molecular complexity index is 586. The third kappa shape index (κ3) is 2.59. The van der Waals surface area contributed by atoms with Gasteiger partial charge in [-0.2, -0.15) is 0 Å². The minimum atomic E-state index is 0.0484. The zero-order valence-electron chi connectivity index (χ0n) is 10.6. The molecule has 0 aliphatic rings. The molecular weight excluding hydrogens is 224 g/mol. The molecule has 0 atom stereocenters. The normalized spacial score (nSPS) is 10.3. The Balaban J connectivity index is 2.28. The largest absolute Gasteiger partial charge is 0.507 e. The summed E-state index contributed by atoms with van der Waals surface area (Å²) in [6.07, 6.45) is 1.43. The number of rotatable bonds is 3. The van der Waals surface area contributed by atoms with Gasteiger partial charge in [0.25, 0.3) is 0 Å². The molecule has 0 amide bonds. The lowest BCUT2D eigenvalue weighted by Gasteiger charge is -2.08. The monoisotopic (exact) mass is 240 g/mol. The second-order valence-corrected chi connectivity index (χ2v) is 4.62. The van der Waals surface area contributed by atoms with Crippen LogP contribution in [0.15, 0.2) is 36.4 Å². The summed E-state index contributed by atoms with van der Waals surface area (Å²) in [7, 11) is 0. The van der Waals surface area contributed by atoms with Gasteiger partial charge in [-0.05, 0) is 49.1 Å². The van der Waals surface area contributed by atoms with E-state index in [2.05, 4.69) is 32.0 Å². The Morgan fingerprint density at radius 1 is 1.11 bits per heavy atom. The lowest BCUT2D eigenvalue weighted by atomic mass is 9.98. The number of phenolic OH excluding ortho intramolecular Hbond substituents is 1. The minimum absolute atomic E-state index is 0.0484. The van der Waals surface area contributed by atoms with Crippen LogP contribution >= 0.6 is 0 Å². The molecule has 0 heterocycles. The summed E-state index contributed by atoms with van der Waals surface area (Å²) < 4.78 is 0. The molecule has 0 fully saturated rings. The number of phenols is 1. The summed E-state index contributed by atoms with van der Waals surface area (Å²) in [5, 5.41) is 9.65. The van der Waals surface area contributed by atoms with E-state index in [1.54, 1.807) is 12.1 Å². The van der Waals surface area contributed by atoms with Crippen LogP contribution in [0.3, 0.4) is 0 Å². The first kappa shape index (κ1) is 12.4. The van der Waals surface area contributed by atoms with E-state index in [1.165, 1.54) is 16.7 Å². The SMILES string of the molecule is Cc1ccc(Cc2ccc(C=O)c(O)c2)c(C)c1. The molecule has 2 aromatic carbocycles. The van der Waals surface area contributed by atoms with Gasteiger partial charge in [0.2, 0.25) is 0 Å². The Morgan fingerprint density at radius 2 is 1.89 bits per heavy atom. The van der Waals surface area contributed by atoms with Gasteiger partial charge in [-0.1, -0.05) is 29.8 Å². The maximum Gasteiger partial charge on any atom is 0.153 e. The van der Waals surface area contributed by atoms with Gasteiger partial charge in [0, 0.05) is 0 Å². The van der Waals surface area contributed by atoms with Crippen LogP contribution in [0, 0.1) is 13.8 Å². The summed E-state index contributed by atoms with van der Waals surface area (Å²) >= 11 is 0. The fourth-order valence-corrected chi connectivity index (χ4v) is 2.06. The van der Waals surface area contributed by atoms with Crippen molar-refractivity contribution in [3.8, 4) is 5.75 Å². The fourth-order valence-electron chi connectivity index (χ4n) is 2.06. The molecule has 0 aliphatic carbocycles. The van der Waals surface area contributed by atoms with Gasteiger partial charge in [-0.3, -0.25) is 4.79 Å². The molecule has 0 saturated carbocycles. The second-order valence-electron chi connectivity index (χ2n) is 4.62. The maximum atomic E-state index is 10.6. The highest BCUT2D eigenvalue weighted by Gasteiger charge is 2.04. The Morgan fingerprint density at radius 3 is 2.50 bits per heavy atom. The van der Waals surface area contributed by atoms with E-state index in [4.69, 9.17) is 0 Å². The molecule has 0 spiro atoms. The van der Waals surface area contributed by atoms with Crippen LogP contribution in [0.5, 0.6) is 5.75 Å². The molecule has 0 aromatic heterocycles. The van der Waals surface area contributed by atoms with Crippen LogP contribution in [0.1, 0.15) is 32.6 Å². The third-order valence-corrected chi connectivity index (χ3v) is 3.11. The fraction of sp³-hybridized carbons (Fsp3) is 0.188. The number of aldehydes is 1. The highest BCUT2D eigenvalue weighted by Crippen LogP contribution is 2.21. The van der Waals surface area contributed by atoms with Gasteiger partial charge in [-0.15, -0.1) is 0 Å². The van der Waals surface area contributed by atoms with Gasteiger partial charge in [0.1, 0.15) is 5.75 Å². The first-order valence-corrected chi connectivity index (χ1v) is 5.93. The van der Waals surface area contributed by atoms with E-state index >= 15 is 0 Å². The van der Waals surface area contributed by atoms with Gasteiger partial charge >= 0.3 is 0 Å². The molecule has 1 N–H and O–H groups in total. The lowest BCUT2D eigenvalue weighted by Crippen LogP contribution is -1.93. The smallest absolute Gasteiger partial charge is 0.153 e. The van der Waals surface area contributed by atoms with Crippen molar-refractivity contribution in [3.05, 3.63) is 64.2 Å². The number of carbonyl (C=O) groups is 1. The summed E-state index contributed by atoms with van der Waals surface area (Å²) in [6, 6.07) is 11.5. The maximum absolute atomic E-state index is 10.6. The first-order valence-electron chi connectivity index (χ1n) is 5.93. The van der Waals surface area contributed by atoms with Crippen LogP contribution in [0.25, 0.3) is 0 Å². The lowest BCUT2D eigenvalue weighted by molar-refractivity contribution is 0.112. The summed E-state index contributed by atoms with van der Waals surface area (Å²) in [5.41, 5.74) is 5.06. The van der Waals surface area contributed by atoms with Crippen LogP contribution in [-0.4, -0.2) is 11.4 Å².